The zero-order valence-electron chi connectivity index (χ0n) is 47.1. The summed E-state index contributed by atoms with van der Waals surface area (Å²) in [5.41, 5.74) is 2.15. The predicted molar refractivity (Wildman–Crippen MR) is 277 cm³/mol. The van der Waals surface area contributed by atoms with Crippen molar-refractivity contribution in [1.29, 1.82) is 0 Å². The number of hydrogen-bond donors (Lipinski definition) is 2. The van der Waals surface area contributed by atoms with E-state index in [1.54, 1.807) is 0 Å². The number of ether oxygens (including phenoxy) is 15. The van der Waals surface area contributed by atoms with Gasteiger partial charge in [-0.2, -0.15) is 0 Å². The molecule has 16 heterocycles. The van der Waals surface area contributed by atoms with E-state index in [1.807, 2.05) is 0 Å². The molecule has 16 saturated heterocycles. The van der Waals surface area contributed by atoms with E-state index in [9.17, 15) is 19.8 Å². The second-order valence-corrected chi connectivity index (χ2v) is 27.8. The molecule has 0 aliphatic carbocycles. The van der Waals surface area contributed by atoms with Gasteiger partial charge < -0.3 is 81.3 Å². The Labute approximate surface area is 469 Å². The summed E-state index contributed by atoms with van der Waals surface area (Å²) in [6, 6.07) is 0. The Morgan fingerprint density at radius 2 is 1.26 bits per heavy atom. The third-order valence-corrected chi connectivity index (χ3v) is 22.0. The van der Waals surface area contributed by atoms with E-state index in [-0.39, 0.29) is 165 Å². The molecule has 0 aromatic carbocycles. The van der Waals surface area contributed by atoms with Gasteiger partial charge in [-0.3, -0.25) is 9.59 Å². The van der Waals surface area contributed by atoms with Crippen LogP contribution in [-0.4, -0.2) is 186 Å². The Morgan fingerprint density at radius 1 is 0.562 bits per heavy atom. The molecule has 0 aromatic heterocycles. The third kappa shape index (κ3) is 9.42. The van der Waals surface area contributed by atoms with Gasteiger partial charge in [-0.15, -0.1) is 0 Å². The summed E-state index contributed by atoms with van der Waals surface area (Å²) in [4.78, 5) is 26.9. The number of esters is 1. The second-order valence-electron chi connectivity index (χ2n) is 27.8. The fourth-order valence-corrected chi connectivity index (χ4v) is 18.3. The highest BCUT2D eigenvalue weighted by Crippen LogP contribution is 2.61. The van der Waals surface area contributed by atoms with Crippen LogP contribution in [0.4, 0.5) is 0 Å². The lowest BCUT2D eigenvalue weighted by Gasteiger charge is -2.54. The quantitative estimate of drug-likeness (QED) is 0.249. The maximum absolute atomic E-state index is 14.5. The topological polar surface area (TPSA) is 213 Å². The molecule has 10 bridgehead atoms. The molecule has 2 N–H and O–H groups in total. The fourth-order valence-electron chi connectivity index (χ4n) is 18.3. The standard InChI is InChI=1S/C61H86O19/c1-28-15-35-7-9-39-29(2)16-37(66-39)11-13-58-25-50-56(79-58)57-61(77-50,80-58)27-48-40(72-57)10-8-36(68-48)18-51(65)73-55-33(6)54-45(69-44(55)20-41(67-35)32(28)5)21-43-47(71-54)24-60(74-43)26-49-53(78-60)31(4)23-59(76-49)22-30(3)52-46(75-59)19-38(64)42(70-52)17-34(63)12-14-62/h28,30-31,33,35-50,52-57,62,64H,2,5,7-27H2,1,3-4,6H3/t28-,30+,31+,33+,35+,36-,37+,38-,39+,40+,41-,42-,43-,44+,45+,46+,47-,48-,49+,50-,52+,53+,54+,55-,56-,57+,58+,59-,60+,61?/m1/s1. The molecule has 16 rings (SSSR count). The van der Waals surface area contributed by atoms with Gasteiger partial charge in [0.15, 0.2) is 17.4 Å². The number of fused-ring (bicyclic) bond motifs is 10. The largest absolute Gasteiger partial charge is 0.459 e. The first-order valence-corrected chi connectivity index (χ1v) is 31.1. The van der Waals surface area contributed by atoms with Crippen LogP contribution < -0.4 is 0 Å². The van der Waals surface area contributed by atoms with Crippen molar-refractivity contribution >= 4 is 11.8 Å². The van der Waals surface area contributed by atoms with Gasteiger partial charge in [0.2, 0.25) is 5.79 Å². The van der Waals surface area contributed by atoms with Crippen molar-refractivity contribution in [1.82, 2.24) is 0 Å². The number of carbonyl (C=O) groups excluding carboxylic acids is 2. The number of carbonyl (C=O) groups is 2. The highest BCUT2D eigenvalue weighted by molar-refractivity contribution is 5.79. The summed E-state index contributed by atoms with van der Waals surface area (Å²) in [6.07, 6.45) is 4.08. The molecular formula is C61H86O19. The number of rotatable bonds is 4. The Balaban J connectivity index is 0.647. The number of ketones is 1. The summed E-state index contributed by atoms with van der Waals surface area (Å²) in [5.74, 6) is -3.94. The first-order valence-electron chi connectivity index (χ1n) is 31.1. The van der Waals surface area contributed by atoms with Crippen LogP contribution in [0.25, 0.3) is 0 Å². The molecule has 80 heavy (non-hydrogen) atoms. The maximum Gasteiger partial charge on any atom is 0.308 e. The average Bonchev–Trinajstić information content (AvgIpc) is 4.39. The van der Waals surface area contributed by atoms with Crippen LogP contribution in [0.5, 0.6) is 0 Å². The molecule has 0 saturated carbocycles. The van der Waals surface area contributed by atoms with Crippen LogP contribution in [0.2, 0.25) is 0 Å². The summed E-state index contributed by atoms with van der Waals surface area (Å²) in [6.45, 7) is 17.5. The van der Waals surface area contributed by atoms with Crippen molar-refractivity contribution < 1.29 is 90.9 Å². The van der Waals surface area contributed by atoms with Gasteiger partial charge in [0.25, 0.3) is 0 Å². The summed E-state index contributed by atoms with van der Waals surface area (Å²) >= 11 is 0. The van der Waals surface area contributed by atoms with Crippen molar-refractivity contribution in [3.8, 4) is 0 Å². The van der Waals surface area contributed by atoms with Gasteiger partial charge in [-0.1, -0.05) is 40.9 Å². The Morgan fingerprint density at radius 3 is 2.11 bits per heavy atom. The van der Waals surface area contributed by atoms with E-state index in [1.165, 1.54) is 0 Å². The van der Waals surface area contributed by atoms with Crippen LogP contribution in [0.15, 0.2) is 24.3 Å². The summed E-state index contributed by atoms with van der Waals surface area (Å²) in [5, 5.41) is 20.4. The molecule has 4 spiro atoms. The molecule has 16 fully saturated rings. The van der Waals surface area contributed by atoms with Crippen molar-refractivity contribution in [2.75, 3.05) is 6.61 Å². The van der Waals surface area contributed by atoms with E-state index in [2.05, 4.69) is 40.9 Å². The lowest BCUT2D eigenvalue weighted by molar-refractivity contribution is -0.442. The van der Waals surface area contributed by atoms with Gasteiger partial charge in [0, 0.05) is 89.6 Å². The Bertz CT molecular complexity index is 2430. The van der Waals surface area contributed by atoms with Crippen LogP contribution in [0, 0.1) is 23.7 Å². The highest BCUT2D eigenvalue weighted by atomic mass is 16.9. The first kappa shape index (κ1) is 54.6. The normalized spacial score (nSPS) is 56.9. The van der Waals surface area contributed by atoms with E-state index in [4.69, 9.17) is 71.1 Å². The number of aliphatic hydroxyl groups excluding tert-OH is 2. The molecule has 16 aliphatic heterocycles. The monoisotopic (exact) mass is 1120 g/mol. The molecule has 444 valence electrons. The van der Waals surface area contributed by atoms with Crippen LogP contribution in [0.3, 0.4) is 0 Å². The molecule has 16 aliphatic rings. The van der Waals surface area contributed by atoms with Gasteiger partial charge in [-0.05, 0) is 73.8 Å². The van der Waals surface area contributed by atoms with Gasteiger partial charge in [-0.25, -0.2) is 0 Å². The Hall–Kier alpha value is -2.02. The first-order chi connectivity index (χ1) is 38.4. The van der Waals surface area contributed by atoms with Crippen molar-refractivity contribution in [2.24, 2.45) is 23.7 Å². The minimum atomic E-state index is -0.965. The summed E-state index contributed by atoms with van der Waals surface area (Å²) < 4.78 is 103. The van der Waals surface area contributed by atoms with Gasteiger partial charge in [0.1, 0.15) is 24.1 Å². The minimum absolute atomic E-state index is 0.0230. The van der Waals surface area contributed by atoms with Gasteiger partial charge >= 0.3 is 5.97 Å². The number of hydrogen-bond acceptors (Lipinski definition) is 19. The lowest BCUT2D eigenvalue weighted by Crippen LogP contribution is -2.66. The second kappa shape index (κ2) is 20.3. The third-order valence-electron chi connectivity index (χ3n) is 22.0. The van der Waals surface area contributed by atoms with E-state index < -0.39 is 53.7 Å². The molecule has 0 radical (unpaired) electrons. The number of Topliss-reactive ketones (excluding diaryl/α,β-unsaturated/α-hetero) is 1. The smallest absolute Gasteiger partial charge is 0.308 e. The van der Waals surface area contributed by atoms with Crippen molar-refractivity contribution in [2.45, 2.75) is 314 Å². The minimum Gasteiger partial charge on any atom is -0.459 e. The highest BCUT2D eigenvalue weighted by Gasteiger charge is 2.75. The van der Waals surface area contributed by atoms with E-state index in [0.717, 1.165) is 49.7 Å². The zero-order valence-corrected chi connectivity index (χ0v) is 47.1. The van der Waals surface area contributed by atoms with Crippen LogP contribution >= 0.6 is 0 Å². The predicted octanol–water partition coefficient (Wildman–Crippen LogP) is 5.87. The van der Waals surface area contributed by atoms with E-state index >= 15 is 0 Å². The van der Waals surface area contributed by atoms with Crippen molar-refractivity contribution in [3.63, 3.8) is 0 Å². The van der Waals surface area contributed by atoms with Crippen LogP contribution in [-0.2, 0) is 80.6 Å². The average molecular weight is 1120 g/mol. The Kier molecular flexibility index (Phi) is 13.9. The lowest BCUT2D eigenvalue weighted by atomic mass is 9.78. The van der Waals surface area contributed by atoms with E-state index in [0.29, 0.717) is 70.6 Å². The maximum atomic E-state index is 14.5. The molecule has 19 nitrogen and oxygen atoms in total. The molecule has 0 amide bonds. The fraction of sp³-hybridized carbons (Fsp3) is 0.902. The molecule has 1 unspecified atom stereocenters. The summed E-state index contributed by atoms with van der Waals surface area (Å²) in [7, 11) is 0. The molecular weight excluding hydrogens is 1040 g/mol. The number of aliphatic hydroxyl groups is 2. The zero-order chi connectivity index (χ0) is 54.8. The van der Waals surface area contributed by atoms with Crippen LogP contribution in [0.1, 0.15) is 156 Å². The molecule has 0 aromatic rings. The molecule has 19 heteroatoms. The molecule has 30 atom stereocenters. The van der Waals surface area contributed by atoms with Gasteiger partial charge in [0.05, 0.1) is 122 Å². The van der Waals surface area contributed by atoms with Crippen molar-refractivity contribution in [3.05, 3.63) is 24.3 Å². The SMILES string of the molecule is C=C1C[C@@H]2CC[C@]34C[C@H]5OC6(C[C@H]7O[C@H](CC[C@@H]7O[C@H]6[C@@H]5O3)CC(=O)O[C@@H]3[C@@H](C)[C@@H]5O[C@@H]6C[C@]7(C[C@@H]8O[C@]9(C[C@H](C)[C@@H]%10O[C@H](CC(=O)CCO)[C@H](O)C[C@@H]%10O9)C[C@H](C)[C@@H]8O7)O[C@@H]6C[C@@H]5O[C@H]3C[C@H]3O[C@@H](CC[C@@H]1O2)C[C@@H](C)C3=C)O4.